The first kappa shape index (κ1) is 32.4. The first-order valence-electron chi connectivity index (χ1n) is 15.2. The van der Waals surface area contributed by atoms with Gasteiger partial charge in [0.2, 0.25) is 17.7 Å². The van der Waals surface area contributed by atoms with E-state index in [1.807, 2.05) is 66.6 Å². The number of hydrogen-bond acceptors (Lipinski definition) is 5. The lowest BCUT2D eigenvalue weighted by Gasteiger charge is -2.38. The number of nitrogens with two attached hydrogens (primary N) is 1. The number of benzene rings is 2. The molecule has 0 spiro atoms. The predicted molar refractivity (Wildman–Crippen MR) is 176 cm³/mol. The van der Waals surface area contributed by atoms with E-state index in [1.54, 1.807) is 36.4 Å². The van der Waals surface area contributed by atoms with Crippen LogP contribution in [0.5, 0.6) is 0 Å². The van der Waals surface area contributed by atoms with Gasteiger partial charge >= 0.3 is 0 Å². The summed E-state index contributed by atoms with van der Waals surface area (Å²) in [6, 6.07) is 16.7. The van der Waals surface area contributed by atoms with Crippen LogP contribution in [0.1, 0.15) is 50.5 Å². The Bertz CT molecular complexity index is 1420. The molecule has 8 heteroatoms. The van der Waals surface area contributed by atoms with Gasteiger partial charge in [-0.2, -0.15) is 0 Å². The first-order valence-corrected chi connectivity index (χ1v) is 16.1. The molecule has 1 aromatic heterocycles. The summed E-state index contributed by atoms with van der Waals surface area (Å²) in [5.74, 6) is 0.0301. The van der Waals surface area contributed by atoms with Crippen molar-refractivity contribution in [1.29, 1.82) is 0 Å². The molecule has 0 bridgehead atoms. The fraction of sp³-hybridized carbons (Fsp3) is 0.457. The summed E-state index contributed by atoms with van der Waals surface area (Å²) in [5.41, 5.74) is 6.61. The zero-order chi connectivity index (χ0) is 31.1. The van der Waals surface area contributed by atoms with Crippen molar-refractivity contribution in [2.45, 2.75) is 70.5 Å². The molecule has 0 radical (unpaired) electrons. The molecule has 3 aromatic rings. The van der Waals surface area contributed by atoms with Crippen LogP contribution in [0, 0.1) is 5.92 Å². The maximum absolute atomic E-state index is 14.4. The summed E-state index contributed by atoms with van der Waals surface area (Å²) >= 11 is 1.59. The zero-order valence-corrected chi connectivity index (χ0v) is 27.0. The Morgan fingerprint density at radius 1 is 0.977 bits per heavy atom. The van der Waals surface area contributed by atoms with E-state index in [-0.39, 0.29) is 17.7 Å². The highest BCUT2D eigenvalue weighted by molar-refractivity contribution is 7.09. The van der Waals surface area contributed by atoms with Gasteiger partial charge in [-0.1, -0.05) is 61.5 Å². The lowest BCUT2D eigenvalue weighted by atomic mass is 9.97. The number of likely N-dealkylation sites (tertiary alicyclic amines) is 1. The van der Waals surface area contributed by atoms with Gasteiger partial charge in [-0.05, 0) is 72.9 Å². The molecular formula is C35H46N4O3S. The van der Waals surface area contributed by atoms with Gasteiger partial charge in [0, 0.05) is 50.4 Å². The summed E-state index contributed by atoms with van der Waals surface area (Å²) in [5, 5.41) is 4.18. The van der Waals surface area contributed by atoms with E-state index in [0.717, 1.165) is 34.1 Å². The minimum Gasteiger partial charge on any atom is -0.341 e. The van der Waals surface area contributed by atoms with E-state index < -0.39 is 17.6 Å². The molecule has 1 fully saturated rings. The molecule has 43 heavy (non-hydrogen) atoms. The van der Waals surface area contributed by atoms with Gasteiger partial charge in [-0.3, -0.25) is 14.4 Å². The van der Waals surface area contributed by atoms with Crippen LogP contribution >= 0.6 is 11.3 Å². The topological polar surface area (TPSA) is 87.0 Å². The van der Waals surface area contributed by atoms with Crippen LogP contribution in [0.4, 0.5) is 0 Å². The normalized spacial score (nSPS) is 15.9. The second-order valence-electron chi connectivity index (χ2n) is 12.7. The number of amides is 3. The lowest BCUT2D eigenvalue weighted by molar-refractivity contribution is -0.149. The summed E-state index contributed by atoms with van der Waals surface area (Å²) in [6.45, 7) is 7.42. The molecule has 0 saturated carbocycles. The highest BCUT2D eigenvalue weighted by Gasteiger charge is 2.37. The van der Waals surface area contributed by atoms with Gasteiger partial charge in [0.15, 0.2) is 0 Å². The molecule has 3 amide bonds. The summed E-state index contributed by atoms with van der Waals surface area (Å²) in [7, 11) is 3.38. The standard InChI is InChI=1S/C35H46N4O3S/c1-25-16-19-39(20-17-25)34(42)31(24-29-12-9-21-43-29)38(5)33(41)30(37(4)32(40)13-8-18-35(2,3)36)23-26-14-15-27-10-6-7-11-28(27)22-26/h6-15,21-22,25,30-31H,16-20,23-24,36H2,1-5H3/b13-8+/t30-,31-/m1/s1. The SMILES string of the molecule is CC1CCN(C(=O)[C@@H](Cc2cccs2)N(C)C(=O)[C@@H](Cc2ccc3ccccc3c2)N(C)C(=O)/C=C/CC(C)(C)N)CC1. The minimum absolute atomic E-state index is 0.0281. The molecular weight excluding hydrogens is 556 g/mol. The number of rotatable bonds is 11. The number of piperidine rings is 1. The fourth-order valence-corrected chi connectivity index (χ4v) is 6.29. The average Bonchev–Trinajstić information content (AvgIpc) is 3.50. The van der Waals surface area contributed by atoms with Crippen molar-refractivity contribution in [1.82, 2.24) is 14.7 Å². The quantitative estimate of drug-likeness (QED) is 0.303. The van der Waals surface area contributed by atoms with E-state index in [1.165, 1.54) is 11.0 Å². The van der Waals surface area contributed by atoms with Gasteiger partial charge in [-0.25, -0.2) is 0 Å². The number of thiophene rings is 1. The summed E-state index contributed by atoms with van der Waals surface area (Å²) < 4.78 is 0. The molecule has 0 unspecified atom stereocenters. The van der Waals surface area contributed by atoms with Crippen molar-refractivity contribution in [3.8, 4) is 0 Å². The molecule has 2 heterocycles. The van der Waals surface area contributed by atoms with E-state index in [9.17, 15) is 14.4 Å². The van der Waals surface area contributed by atoms with Gasteiger partial charge < -0.3 is 20.4 Å². The third-order valence-electron chi connectivity index (χ3n) is 8.42. The van der Waals surface area contributed by atoms with Crippen molar-refractivity contribution in [3.05, 3.63) is 82.6 Å². The minimum atomic E-state index is -0.797. The van der Waals surface area contributed by atoms with Crippen LogP contribution in [0.2, 0.25) is 0 Å². The van der Waals surface area contributed by atoms with Crippen LogP contribution in [0.3, 0.4) is 0 Å². The lowest BCUT2D eigenvalue weighted by Crippen LogP contribution is -2.57. The Balaban J connectivity index is 1.64. The van der Waals surface area contributed by atoms with Gasteiger partial charge in [-0.15, -0.1) is 11.3 Å². The maximum Gasteiger partial charge on any atom is 0.246 e. The molecule has 2 atom stereocenters. The number of nitrogens with zero attached hydrogens (tertiary/aromatic N) is 3. The molecule has 4 rings (SSSR count). The molecule has 1 aliphatic rings. The Morgan fingerprint density at radius 2 is 1.67 bits per heavy atom. The Kier molecular flexibility index (Phi) is 10.8. The van der Waals surface area contributed by atoms with E-state index >= 15 is 0 Å². The van der Waals surface area contributed by atoms with Gasteiger partial charge in [0.05, 0.1) is 0 Å². The van der Waals surface area contributed by atoms with Crippen LogP contribution in [0.25, 0.3) is 10.8 Å². The number of likely N-dealkylation sites (N-methyl/N-ethyl adjacent to an activating group) is 2. The highest BCUT2D eigenvalue weighted by Crippen LogP contribution is 2.23. The van der Waals surface area contributed by atoms with E-state index in [2.05, 4.69) is 19.1 Å². The van der Waals surface area contributed by atoms with E-state index in [0.29, 0.717) is 38.3 Å². The van der Waals surface area contributed by atoms with Gasteiger partial charge in [0.1, 0.15) is 12.1 Å². The van der Waals surface area contributed by atoms with Crippen LogP contribution in [-0.2, 0) is 27.2 Å². The first-order chi connectivity index (χ1) is 20.4. The monoisotopic (exact) mass is 602 g/mol. The summed E-state index contributed by atoms with van der Waals surface area (Å²) in [4.78, 5) is 47.8. The van der Waals surface area contributed by atoms with E-state index in [4.69, 9.17) is 5.73 Å². The largest absolute Gasteiger partial charge is 0.341 e. The van der Waals surface area contributed by atoms with Crippen molar-refractivity contribution >= 4 is 39.8 Å². The highest BCUT2D eigenvalue weighted by atomic mass is 32.1. The smallest absolute Gasteiger partial charge is 0.246 e. The zero-order valence-electron chi connectivity index (χ0n) is 26.2. The van der Waals surface area contributed by atoms with Gasteiger partial charge in [0.25, 0.3) is 0 Å². The summed E-state index contributed by atoms with van der Waals surface area (Å²) in [6.07, 6.45) is 6.48. The van der Waals surface area contributed by atoms with Crippen molar-refractivity contribution in [2.75, 3.05) is 27.2 Å². The molecule has 2 N–H and O–H groups in total. The Hall–Kier alpha value is -3.49. The van der Waals surface area contributed by atoms with Crippen molar-refractivity contribution in [2.24, 2.45) is 11.7 Å². The van der Waals surface area contributed by atoms with Crippen LogP contribution in [-0.4, -0.2) is 77.2 Å². The third-order valence-corrected chi connectivity index (χ3v) is 9.32. The van der Waals surface area contributed by atoms with Crippen molar-refractivity contribution in [3.63, 3.8) is 0 Å². The second kappa shape index (κ2) is 14.3. The maximum atomic E-state index is 14.4. The molecule has 230 valence electrons. The average molecular weight is 603 g/mol. The number of carbonyl (C=O) groups is 3. The number of carbonyl (C=O) groups excluding carboxylic acids is 3. The number of hydrogen-bond donors (Lipinski definition) is 1. The second-order valence-corrected chi connectivity index (χ2v) is 13.7. The van der Waals surface area contributed by atoms with Crippen LogP contribution < -0.4 is 5.73 Å². The van der Waals surface area contributed by atoms with Crippen LogP contribution in [0.15, 0.2) is 72.1 Å². The Morgan fingerprint density at radius 3 is 2.33 bits per heavy atom. The third kappa shape index (κ3) is 8.77. The molecule has 0 aliphatic carbocycles. The molecule has 1 saturated heterocycles. The molecule has 7 nitrogen and oxygen atoms in total. The molecule has 2 aromatic carbocycles. The molecule has 1 aliphatic heterocycles. The van der Waals surface area contributed by atoms with Crippen molar-refractivity contribution < 1.29 is 14.4 Å². The predicted octanol–water partition coefficient (Wildman–Crippen LogP) is 5.28. The number of fused-ring (bicyclic) bond motifs is 1. The fourth-order valence-electron chi connectivity index (χ4n) is 5.55. The Labute approximate surface area is 260 Å².